The molecule has 2 aromatic rings. The molecule has 176 valence electrons. The molecule has 1 saturated carbocycles. The summed E-state index contributed by atoms with van der Waals surface area (Å²) in [5.74, 6) is -4.83. The molecule has 0 unspecified atom stereocenters. The van der Waals surface area contributed by atoms with Gasteiger partial charge in [-0.3, -0.25) is 4.98 Å². The van der Waals surface area contributed by atoms with Crippen molar-refractivity contribution in [1.82, 2.24) is 20.9 Å². The Morgan fingerprint density at radius 3 is 2.67 bits per heavy atom. The average molecular weight is 467 g/mol. The monoisotopic (exact) mass is 467 g/mol. The third kappa shape index (κ3) is 4.71. The molecular weight excluding hydrogens is 445 g/mol. The number of hydrogen-bond donors (Lipinski definition) is 3. The van der Waals surface area contributed by atoms with Crippen LogP contribution < -0.4 is 16.0 Å². The molecule has 1 aliphatic carbocycles. The first kappa shape index (κ1) is 23.2. The molecule has 3 N–H and O–H groups in total. The standard InChI is InChI=1S/C22H22F5N5O/c23-21(24)6-13(7-21)10-31-19(33)32-20(8-15(11-29-12-20)22(25,26)27)17-4-3-14(9-28)18-16(17)2-1-5-30-18/h1-5,13,15,29H,6-8,10-12H2,(H2,31,32,33)/t15-,20-/m0/s1. The van der Waals surface area contributed by atoms with E-state index >= 15 is 0 Å². The minimum atomic E-state index is -4.49. The Morgan fingerprint density at radius 2 is 2.00 bits per heavy atom. The molecule has 4 rings (SSSR count). The van der Waals surface area contributed by atoms with Crippen LogP contribution in [-0.2, 0) is 5.54 Å². The van der Waals surface area contributed by atoms with Gasteiger partial charge in [0.05, 0.1) is 22.5 Å². The quantitative estimate of drug-likeness (QED) is 0.597. The van der Waals surface area contributed by atoms with Gasteiger partial charge < -0.3 is 16.0 Å². The SMILES string of the molecule is N#Cc1ccc([C@@]2(NC(=O)NCC3CC(F)(F)C3)CNC[C@@H](C(F)(F)F)C2)c2cccnc12. The Labute approximate surface area is 186 Å². The number of amides is 2. The number of carbonyl (C=O) groups is 1. The van der Waals surface area contributed by atoms with Crippen LogP contribution in [0.25, 0.3) is 10.9 Å². The van der Waals surface area contributed by atoms with Gasteiger partial charge in [-0.1, -0.05) is 12.1 Å². The zero-order valence-electron chi connectivity index (χ0n) is 17.5. The fourth-order valence-electron chi connectivity index (χ4n) is 4.73. The van der Waals surface area contributed by atoms with Gasteiger partial charge >= 0.3 is 12.2 Å². The molecule has 33 heavy (non-hydrogen) atoms. The first-order valence-corrected chi connectivity index (χ1v) is 10.5. The number of alkyl halides is 5. The maximum atomic E-state index is 13.7. The molecule has 2 aliphatic rings. The zero-order valence-corrected chi connectivity index (χ0v) is 17.5. The van der Waals surface area contributed by atoms with Crippen LogP contribution in [0, 0.1) is 23.2 Å². The molecule has 2 amide bonds. The lowest BCUT2D eigenvalue weighted by Crippen LogP contribution is -2.61. The number of pyridine rings is 1. The van der Waals surface area contributed by atoms with Crippen molar-refractivity contribution in [1.29, 1.82) is 5.26 Å². The summed E-state index contributed by atoms with van der Waals surface area (Å²) in [6.07, 6.45) is -4.10. The third-order valence-corrected chi connectivity index (χ3v) is 6.36. The lowest BCUT2D eigenvalue weighted by Gasteiger charge is -2.43. The number of fused-ring (bicyclic) bond motifs is 1. The molecule has 6 nitrogen and oxygen atoms in total. The molecular formula is C22H22F5N5O. The number of piperidine rings is 1. The molecule has 1 aromatic carbocycles. The van der Waals surface area contributed by atoms with Crippen LogP contribution in [0.5, 0.6) is 0 Å². The number of nitrogens with one attached hydrogen (secondary N) is 3. The lowest BCUT2D eigenvalue weighted by atomic mass is 9.76. The first-order chi connectivity index (χ1) is 15.5. The van der Waals surface area contributed by atoms with E-state index in [0.29, 0.717) is 16.5 Å². The maximum Gasteiger partial charge on any atom is 0.393 e. The summed E-state index contributed by atoms with van der Waals surface area (Å²) in [5, 5.41) is 17.9. The van der Waals surface area contributed by atoms with Crippen molar-refractivity contribution in [3.05, 3.63) is 41.6 Å². The van der Waals surface area contributed by atoms with E-state index in [1.165, 1.54) is 18.3 Å². The number of halogens is 5. The number of benzene rings is 1. The average Bonchev–Trinajstić information content (AvgIpc) is 2.75. The van der Waals surface area contributed by atoms with Crippen LogP contribution >= 0.6 is 0 Å². The Balaban J connectivity index is 1.67. The second-order valence-electron chi connectivity index (χ2n) is 8.79. The minimum Gasteiger partial charge on any atom is -0.338 e. The molecule has 0 radical (unpaired) electrons. The fraction of sp³-hybridized carbons (Fsp3) is 0.500. The number of hydrogen-bond acceptors (Lipinski definition) is 4. The van der Waals surface area contributed by atoms with Crippen molar-refractivity contribution < 1.29 is 26.7 Å². The van der Waals surface area contributed by atoms with Crippen molar-refractivity contribution in [2.24, 2.45) is 11.8 Å². The molecule has 2 heterocycles. The number of nitrogens with zero attached hydrogens (tertiary/aromatic N) is 2. The predicted octanol–water partition coefficient (Wildman–Crippen LogP) is 3.82. The van der Waals surface area contributed by atoms with Gasteiger partial charge in [0.15, 0.2) is 0 Å². The van der Waals surface area contributed by atoms with Gasteiger partial charge in [0.2, 0.25) is 5.92 Å². The second kappa shape index (κ2) is 8.41. The fourth-order valence-corrected chi connectivity index (χ4v) is 4.73. The number of rotatable bonds is 4. The molecule has 2 atom stereocenters. The Bertz CT molecular complexity index is 1090. The summed E-state index contributed by atoms with van der Waals surface area (Å²) in [5.41, 5.74) is -0.473. The van der Waals surface area contributed by atoms with E-state index in [-0.39, 0.29) is 44.0 Å². The van der Waals surface area contributed by atoms with Gasteiger partial charge in [-0.25, -0.2) is 13.6 Å². The Hall–Kier alpha value is -3.00. The maximum absolute atomic E-state index is 13.7. The largest absolute Gasteiger partial charge is 0.393 e. The predicted molar refractivity (Wildman–Crippen MR) is 109 cm³/mol. The number of carbonyl (C=O) groups excluding carboxylic acids is 1. The molecule has 2 fully saturated rings. The summed E-state index contributed by atoms with van der Waals surface area (Å²) in [6.45, 7) is -0.272. The molecule has 0 spiro atoms. The van der Waals surface area contributed by atoms with Gasteiger partial charge in [0, 0.05) is 44.1 Å². The van der Waals surface area contributed by atoms with E-state index < -0.39 is 36.0 Å². The van der Waals surface area contributed by atoms with E-state index in [9.17, 15) is 32.0 Å². The Kier molecular flexibility index (Phi) is 5.90. The molecule has 1 aliphatic heterocycles. The van der Waals surface area contributed by atoms with Crippen LogP contribution in [0.15, 0.2) is 30.5 Å². The highest BCUT2D eigenvalue weighted by atomic mass is 19.4. The van der Waals surface area contributed by atoms with Gasteiger partial charge in [-0.2, -0.15) is 18.4 Å². The number of urea groups is 1. The Morgan fingerprint density at radius 1 is 1.24 bits per heavy atom. The van der Waals surface area contributed by atoms with Crippen molar-refractivity contribution in [3.63, 3.8) is 0 Å². The molecule has 1 aromatic heterocycles. The normalized spacial score (nSPS) is 25.2. The summed E-state index contributed by atoms with van der Waals surface area (Å²) in [4.78, 5) is 16.9. The van der Waals surface area contributed by atoms with Crippen LogP contribution in [-0.4, -0.2) is 42.7 Å². The minimum absolute atomic E-state index is 0.00328. The van der Waals surface area contributed by atoms with Crippen molar-refractivity contribution in [3.8, 4) is 6.07 Å². The van der Waals surface area contributed by atoms with E-state index in [2.05, 4.69) is 20.9 Å². The highest BCUT2D eigenvalue weighted by molar-refractivity contribution is 5.88. The highest BCUT2D eigenvalue weighted by Gasteiger charge is 2.50. The van der Waals surface area contributed by atoms with E-state index in [1.807, 2.05) is 6.07 Å². The van der Waals surface area contributed by atoms with Crippen molar-refractivity contribution in [2.45, 2.75) is 36.9 Å². The van der Waals surface area contributed by atoms with Gasteiger partial charge in [-0.15, -0.1) is 0 Å². The lowest BCUT2D eigenvalue weighted by molar-refractivity contribution is -0.184. The zero-order chi connectivity index (χ0) is 23.9. The van der Waals surface area contributed by atoms with Crippen LogP contribution in [0.1, 0.15) is 30.4 Å². The van der Waals surface area contributed by atoms with Gasteiger partial charge in [0.25, 0.3) is 0 Å². The van der Waals surface area contributed by atoms with E-state index in [0.717, 1.165) is 0 Å². The van der Waals surface area contributed by atoms with Crippen LogP contribution in [0.4, 0.5) is 26.7 Å². The summed E-state index contributed by atoms with van der Waals surface area (Å²) >= 11 is 0. The first-order valence-electron chi connectivity index (χ1n) is 10.5. The summed E-state index contributed by atoms with van der Waals surface area (Å²) in [6, 6.07) is 7.54. The van der Waals surface area contributed by atoms with Crippen LogP contribution in [0.3, 0.4) is 0 Å². The third-order valence-electron chi connectivity index (χ3n) is 6.36. The van der Waals surface area contributed by atoms with E-state index in [1.54, 1.807) is 12.1 Å². The molecule has 11 heteroatoms. The smallest absolute Gasteiger partial charge is 0.338 e. The summed E-state index contributed by atoms with van der Waals surface area (Å²) < 4.78 is 67.1. The molecule has 0 bridgehead atoms. The summed E-state index contributed by atoms with van der Waals surface area (Å²) in [7, 11) is 0. The van der Waals surface area contributed by atoms with E-state index in [4.69, 9.17) is 0 Å². The topological polar surface area (TPSA) is 89.8 Å². The van der Waals surface area contributed by atoms with Gasteiger partial charge in [-0.05, 0) is 30.0 Å². The number of nitriles is 1. The van der Waals surface area contributed by atoms with Crippen molar-refractivity contribution in [2.75, 3.05) is 19.6 Å². The highest BCUT2D eigenvalue weighted by Crippen LogP contribution is 2.43. The number of aromatic nitrogens is 1. The van der Waals surface area contributed by atoms with Crippen molar-refractivity contribution >= 4 is 16.9 Å². The molecule has 1 saturated heterocycles. The van der Waals surface area contributed by atoms with Crippen LogP contribution in [0.2, 0.25) is 0 Å². The second-order valence-corrected chi connectivity index (χ2v) is 8.79. The van der Waals surface area contributed by atoms with Gasteiger partial charge in [0.1, 0.15) is 6.07 Å².